The van der Waals surface area contributed by atoms with Crippen LogP contribution in [0.25, 0.3) is 10.8 Å². The van der Waals surface area contributed by atoms with E-state index in [-0.39, 0.29) is 11.7 Å². The number of hydrogen-bond donors (Lipinski definition) is 2. The van der Waals surface area contributed by atoms with Crippen molar-refractivity contribution in [3.8, 4) is 5.75 Å². The average molecular weight is 280 g/mol. The maximum absolute atomic E-state index is 12.2. The van der Waals surface area contributed by atoms with Gasteiger partial charge in [-0.3, -0.25) is 4.79 Å². The van der Waals surface area contributed by atoms with Crippen LogP contribution in [-0.4, -0.2) is 15.6 Å². The van der Waals surface area contributed by atoms with Gasteiger partial charge in [-0.15, -0.1) is 0 Å². The molecule has 0 atom stereocenters. The minimum absolute atomic E-state index is 0.00178. The molecule has 0 unspecified atom stereocenters. The smallest absolute Gasteiger partial charge is 0.255 e. The van der Waals surface area contributed by atoms with Crippen molar-refractivity contribution in [1.29, 1.82) is 0 Å². The molecule has 3 aromatic rings. The van der Waals surface area contributed by atoms with Crippen molar-refractivity contribution >= 4 is 16.7 Å². The number of carbonyl (C=O) groups excluding carboxylic acids is 1. The molecule has 0 radical (unpaired) electrons. The van der Waals surface area contributed by atoms with E-state index in [9.17, 15) is 9.90 Å². The van der Waals surface area contributed by atoms with Gasteiger partial charge in [-0.05, 0) is 35.0 Å². The van der Waals surface area contributed by atoms with Gasteiger partial charge in [0.25, 0.3) is 5.91 Å². The van der Waals surface area contributed by atoms with Crippen LogP contribution in [0.4, 0.5) is 0 Å². The Morgan fingerprint density at radius 2 is 1.86 bits per heavy atom. The fraction of sp³-hybridized carbons (Fsp3) is 0.118. The standard InChI is InChI=1S/C17H16N2O2/c1-19-8-4-7-14(19)11-18-17(21)15-9-12-5-2-3-6-13(12)10-16(15)20/h2-10,20H,11H2,1H3,(H,18,21). The quantitative estimate of drug-likeness (QED) is 0.775. The Morgan fingerprint density at radius 3 is 2.52 bits per heavy atom. The highest BCUT2D eigenvalue weighted by Gasteiger charge is 2.12. The normalized spacial score (nSPS) is 10.7. The van der Waals surface area contributed by atoms with Gasteiger partial charge >= 0.3 is 0 Å². The van der Waals surface area contributed by atoms with Gasteiger partial charge in [0.15, 0.2) is 0 Å². The van der Waals surface area contributed by atoms with Crippen molar-refractivity contribution in [2.75, 3.05) is 0 Å². The molecule has 21 heavy (non-hydrogen) atoms. The first-order valence-electron chi connectivity index (χ1n) is 6.75. The van der Waals surface area contributed by atoms with E-state index in [4.69, 9.17) is 0 Å². The van der Waals surface area contributed by atoms with Crippen LogP contribution in [0.15, 0.2) is 54.7 Å². The largest absolute Gasteiger partial charge is 0.507 e. The minimum atomic E-state index is -0.278. The zero-order valence-electron chi connectivity index (χ0n) is 11.7. The zero-order chi connectivity index (χ0) is 14.8. The van der Waals surface area contributed by atoms with E-state index in [1.165, 1.54) is 0 Å². The number of aryl methyl sites for hydroxylation is 1. The Balaban J connectivity index is 1.84. The van der Waals surface area contributed by atoms with Gasteiger partial charge in [0.05, 0.1) is 12.1 Å². The highest BCUT2D eigenvalue weighted by molar-refractivity contribution is 6.01. The molecule has 0 saturated heterocycles. The third-order valence-corrected chi connectivity index (χ3v) is 3.59. The summed E-state index contributed by atoms with van der Waals surface area (Å²) in [5, 5.41) is 14.7. The fourth-order valence-corrected chi connectivity index (χ4v) is 2.36. The molecule has 0 fully saturated rings. The summed E-state index contributed by atoms with van der Waals surface area (Å²) in [5.41, 5.74) is 1.30. The maximum Gasteiger partial charge on any atom is 0.255 e. The Hall–Kier alpha value is -2.75. The van der Waals surface area contributed by atoms with Crippen molar-refractivity contribution in [1.82, 2.24) is 9.88 Å². The predicted octanol–water partition coefficient (Wildman–Crippen LogP) is 2.81. The summed E-state index contributed by atoms with van der Waals surface area (Å²) in [7, 11) is 1.93. The number of benzene rings is 2. The van der Waals surface area contributed by atoms with Gasteiger partial charge in [-0.1, -0.05) is 24.3 Å². The molecule has 0 saturated carbocycles. The molecule has 1 heterocycles. The van der Waals surface area contributed by atoms with E-state index in [0.717, 1.165) is 16.5 Å². The number of carbonyl (C=O) groups is 1. The topological polar surface area (TPSA) is 54.3 Å². The lowest BCUT2D eigenvalue weighted by atomic mass is 10.1. The van der Waals surface area contributed by atoms with Crippen LogP contribution in [0.2, 0.25) is 0 Å². The number of rotatable bonds is 3. The van der Waals surface area contributed by atoms with E-state index in [1.54, 1.807) is 12.1 Å². The van der Waals surface area contributed by atoms with E-state index < -0.39 is 0 Å². The third-order valence-electron chi connectivity index (χ3n) is 3.59. The second-order valence-corrected chi connectivity index (χ2v) is 5.01. The zero-order valence-corrected chi connectivity index (χ0v) is 11.7. The molecule has 0 aliphatic heterocycles. The second kappa shape index (κ2) is 5.32. The molecule has 1 amide bonds. The number of phenols is 1. The van der Waals surface area contributed by atoms with Gasteiger partial charge in [-0.2, -0.15) is 0 Å². The van der Waals surface area contributed by atoms with Crippen LogP contribution >= 0.6 is 0 Å². The van der Waals surface area contributed by atoms with Crippen molar-refractivity contribution in [2.45, 2.75) is 6.54 Å². The lowest BCUT2D eigenvalue weighted by molar-refractivity contribution is 0.0947. The van der Waals surface area contributed by atoms with Crippen LogP contribution < -0.4 is 5.32 Å². The van der Waals surface area contributed by atoms with Crippen LogP contribution in [0.1, 0.15) is 16.1 Å². The summed E-state index contributed by atoms with van der Waals surface area (Å²) in [6.07, 6.45) is 1.93. The predicted molar refractivity (Wildman–Crippen MR) is 82.2 cm³/mol. The summed E-state index contributed by atoms with van der Waals surface area (Å²) in [6.45, 7) is 0.425. The molecular formula is C17H16N2O2. The summed E-state index contributed by atoms with van der Waals surface area (Å²) < 4.78 is 1.94. The molecule has 0 spiro atoms. The second-order valence-electron chi connectivity index (χ2n) is 5.01. The molecule has 106 valence electrons. The van der Waals surface area contributed by atoms with Crippen molar-refractivity contribution in [3.63, 3.8) is 0 Å². The number of amides is 1. The first kappa shape index (κ1) is 13.2. The Kier molecular flexibility index (Phi) is 3.36. The number of aromatic nitrogens is 1. The monoisotopic (exact) mass is 280 g/mol. The van der Waals surface area contributed by atoms with Crippen molar-refractivity contribution in [2.24, 2.45) is 7.05 Å². The van der Waals surface area contributed by atoms with Crippen LogP contribution in [0.3, 0.4) is 0 Å². The van der Waals surface area contributed by atoms with Gasteiger partial charge in [-0.25, -0.2) is 0 Å². The Labute approximate surface area is 122 Å². The first-order chi connectivity index (χ1) is 10.1. The Bertz CT molecular complexity index is 805. The van der Waals surface area contributed by atoms with Gasteiger partial charge < -0.3 is 15.0 Å². The molecule has 1 aromatic heterocycles. The molecule has 3 rings (SSSR count). The average Bonchev–Trinajstić information content (AvgIpc) is 2.89. The van der Waals surface area contributed by atoms with Crippen molar-refractivity contribution in [3.05, 3.63) is 66.0 Å². The number of aromatic hydroxyl groups is 1. The van der Waals surface area contributed by atoms with E-state index in [0.29, 0.717) is 12.1 Å². The number of nitrogens with one attached hydrogen (secondary N) is 1. The van der Waals surface area contributed by atoms with Crippen molar-refractivity contribution < 1.29 is 9.90 Å². The lowest BCUT2D eigenvalue weighted by Crippen LogP contribution is -2.23. The van der Waals surface area contributed by atoms with Crippen LogP contribution in [0, 0.1) is 0 Å². The SMILES string of the molecule is Cn1cccc1CNC(=O)c1cc2ccccc2cc1O. The molecule has 0 aliphatic carbocycles. The van der Waals surface area contributed by atoms with Gasteiger partial charge in [0.1, 0.15) is 5.75 Å². The molecular weight excluding hydrogens is 264 g/mol. The van der Waals surface area contributed by atoms with E-state index in [1.807, 2.05) is 54.2 Å². The number of fused-ring (bicyclic) bond motifs is 1. The highest BCUT2D eigenvalue weighted by atomic mass is 16.3. The molecule has 4 heteroatoms. The third kappa shape index (κ3) is 2.60. The van der Waals surface area contributed by atoms with E-state index >= 15 is 0 Å². The molecule has 4 nitrogen and oxygen atoms in total. The number of hydrogen-bond acceptors (Lipinski definition) is 2. The van der Waals surface area contributed by atoms with E-state index in [2.05, 4.69) is 5.32 Å². The van der Waals surface area contributed by atoms with Gasteiger partial charge in [0.2, 0.25) is 0 Å². The first-order valence-corrected chi connectivity index (χ1v) is 6.75. The number of nitrogens with zero attached hydrogens (tertiary/aromatic N) is 1. The van der Waals surface area contributed by atoms with Crippen LogP contribution in [0.5, 0.6) is 5.75 Å². The van der Waals surface area contributed by atoms with Crippen LogP contribution in [-0.2, 0) is 13.6 Å². The fourth-order valence-electron chi connectivity index (χ4n) is 2.36. The number of phenolic OH excluding ortho intramolecular Hbond substituents is 1. The molecule has 0 bridgehead atoms. The lowest BCUT2D eigenvalue weighted by Gasteiger charge is -2.09. The summed E-state index contributed by atoms with van der Waals surface area (Å²) >= 11 is 0. The molecule has 0 aliphatic rings. The summed E-state index contributed by atoms with van der Waals surface area (Å²) in [6, 6.07) is 14.8. The summed E-state index contributed by atoms with van der Waals surface area (Å²) in [4.78, 5) is 12.2. The minimum Gasteiger partial charge on any atom is -0.507 e. The summed E-state index contributed by atoms with van der Waals surface area (Å²) in [5.74, 6) is -0.280. The maximum atomic E-state index is 12.2. The Morgan fingerprint density at radius 1 is 1.14 bits per heavy atom. The highest BCUT2D eigenvalue weighted by Crippen LogP contribution is 2.24. The molecule has 2 aromatic carbocycles. The van der Waals surface area contributed by atoms with Gasteiger partial charge in [0, 0.05) is 18.9 Å². The molecule has 2 N–H and O–H groups in total.